The van der Waals surface area contributed by atoms with Crippen LogP contribution in [0.1, 0.15) is 126 Å². The molecular weight excluding hydrogens is 833 g/mol. The van der Waals surface area contributed by atoms with E-state index in [9.17, 15) is 25.2 Å². The monoisotopic (exact) mass is 923 g/mol. The summed E-state index contributed by atoms with van der Waals surface area (Å²) in [4.78, 5) is 23.5. The lowest BCUT2D eigenvalue weighted by molar-refractivity contribution is -0.334. The lowest BCUT2D eigenvalue weighted by Gasteiger charge is -2.54. The number of nitrogens with one attached hydrogen (secondary N) is 1. The van der Waals surface area contributed by atoms with Crippen molar-refractivity contribution in [3.8, 4) is 0 Å². The van der Waals surface area contributed by atoms with E-state index >= 15 is 0 Å². The molecule has 1 aromatic rings. The van der Waals surface area contributed by atoms with Crippen LogP contribution >= 0.6 is 0 Å². The Morgan fingerprint density at radius 3 is 2.25 bits per heavy atom. The molecule has 3 aliphatic heterocycles. The molecule has 3 fully saturated rings. The molecule has 4 rings (SSSR count). The number of aliphatic hydroxyl groups excluding tert-OH is 2. The van der Waals surface area contributed by atoms with E-state index in [1.165, 1.54) is 0 Å². The molecule has 0 radical (unpaired) electrons. The molecule has 17 atom stereocenters. The summed E-state index contributed by atoms with van der Waals surface area (Å²) in [5, 5.41) is 51.5. The van der Waals surface area contributed by atoms with Gasteiger partial charge in [-0.15, -0.1) is 0 Å². The van der Waals surface area contributed by atoms with Gasteiger partial charge in [0, 0.05) is 69.5 Å². The predicted octanol–water partition coefficient (Wildman–Crippen LogP) is 4.86. The fourth-order valence-corrected chi connectivity index (χ4v) is 11.0. The number of aryl methyl sites for hydroxylation is 1. The molecule has 376 valence electrons. The minimum atomic E-state index is -1.76. The molecule has 15 heteroatoms. The highest BCUT2D eigenvalue weighted by atomic mass is 16.7. The van der Waals surface area contributed by atoms with Crippen molar-refractivity contribution in [3.05, 3.63) is 29.6 Å². The van der Waals surface area contributed by atoms with E-state index in [4.69, 9.17) is 28.4 Å². The fraction of sp³-hybridized carbons (Fsp3) is 0.880. The van der Waals surface area contributed by atoms with Crippen molar-refractivity contribution in [3.63, 3.8) is 0 Å². The van der Waals surface area contributed by atoms with E-state index in [0.29, 0.717) is 32.4 Å². The number of aliphatic hydroxyl groups is 4. The Balaban J connectivity index is 1.77. The first-order valence-corrected chi connectivity index (χ1v) is 24.5. The third kappa shape index (κ3) is 13.1. The van der Waals surface area contributed by atoms with E-state index in [2.05, 4.69) is 42.9 Å². The minimum Gasteiger partial charge on any atom is -0.459 e. The number of carbonyl (C=O) groups excluding carboxylic acids is 1. The summed E-state index contributed by atoms with van der Waals surface area (Å²) in [7, 11) is 5.46. The Hall–Kier alpha value is -1.86. The van der Waals surface area contributed by atoms with Crippen LogP contribution in [0, 0.1) is 30.1 Å². The number of carbonyl (C=O) groups is 1. The maximum atomic E-state index is 14.6. The van der Waals surface area contributed by atoms with E-state index < -0.39 is 89.2 Å². The van der Waals surface area contributed by atoms with Crippen molar-refractivity contribution in [1.82, 2.24) is 20.1 Å². The molecule has 0 bridgehead atoms. The molecule has 1 aromatic heterocycles. The van der Waals surface area contributed by atoms with Gasteiger partial charge in [-0.05, 0) is 118 Å². The number of hydrogen-bond donors (Lipinski definition) is 5. The van der Waals surface area contributed by atoms with Gasteiger partial charge in [0.2, 0.25) is 0 Å². The number of ether oxygens (including phenoxy) is 6. The maximum Gasteiger partial charge on any atom is 0.311 e. The van der Waals surface area contributed by atoms with Gasteiger partial charge >= 0.3 is 5.97 Å². The summed E-state index contributed by atoms with van der Waals surface area (Å²) in [6, 6.07) is 3.82. The second kappa shape index (κ2) is 23.2. The number of esters is 1. The second-order valence-electron chi connectivity index (χ2n) is 21.4. The summed E-state index contributed by atoms with van der Waals surface area (Å²) in [5.41, 5.74) is -2.96. The molecular formula is C50H90N4O11. The van der Waals surface area contributed by atoms with E-state index in [-0.39, 0.29) is 43.5 Å². The molecule has 65 heavy (non-hydrogen) atoms. The number of rotatable bonds is 14. The summed E-state index contributed by atoms with van der Waals surface area (Å²) in [6.07, 6.45) is -2.61. The zero-order chi connectivity index (χ0) is 48.8. The minimum absolute atomic E-state index is 0.000328. The van der Waals surface area contributed by atoms with E-state index in [0.717, 1.165) is 24.2 Å². The lowest BCUT2D eigenvalue weighted by Crippen LogP contribution is -2.70. The van der Waals surface area contributed by atoms with Gasteiger partial charge in [-0.1, -0.05) is 47.6 Å². The Morgan fingerprint density at radius 1 is 0.985 bits per heavy atom. The standard InChI is InChI=1S/C50H90N4O11/c1-17-23-54-28-31(4)43(56)49(13,58)39(18-2)63-45(57)35(8)42(34(7)44(47(10,11)25-32(54)5)65-46-41(55)38(53(14)15)24-33(6)61-46)64-40-26-48(12,60-16)50(59,36(9)62-40)29-51-22-21-37-20-19-30(3)27-52-37/h19-20,27,31-36,38-44,46,51,55-56,58-59H,17-18,21-26,28-29H2,1-16H3/t31-,32+,33+,34-,35+,36-,38-,39+,40+,41+,42+,43+,44+,46-,48-,49+,50+/m0/s1. The van der Waals surface area contributed by atoms with Crippen LogP contribution in [0.15, 0.2) is 18.3 Å². The van der Waals surface area contributed by atoms with Gasteiger partial charge in [0.05, 0.1) is 36.4 Å². The average Bonchev–Trinajstić information content (AvgIpc) is 3.24. The Bertz CT molecular complexity index is 1620. The van der Waals surface area contributed by atoms with Gasteiger partial charge in [0.15, 0.2) is 12.6 Å². The molecule has 0 aromatic carbocycles. The van der Waals surface area contributed by atoms with Crippen molar-refractivity contribution in [2.24, 2.45) is 23.2 Å². The number of methoxy groups -OCH3 is 1. The number of hydrogen-bond acceptors (Lipinski definition) is 15. The van der Waals surface area contributed by atoms with Gasteiger partial charge in [-0.3, -0.25) is 9.78 Å². The fourth-order valence-electron chi connectivity index (χ4n) is 11.0. The molecule has 0 spiro atoms. The van der Waals surface area contributed by atoms with Crippen LogP contribution in [0.5, 0.6) is 0 Å². The molecule has 0 amide bonds. The Labute approximate surface area is 391 Å². The number of aromatic nitrogens is 1. The van der Waals surface area contributed by atoms with Crippen LogP contribution in [0.25, 0.3) is 0 Å². The molecule has 4 heterocycles. The van der Waals surface area contributed by atoms with Gasteiger partial charge < -0.3 is 64.0 Å². The molecule has 15 nitrogen and oxygen atoms in total. The summed E-state index contributed by atoms with van der Waals surface area (Å²) >= 11 is 0. The van der Waals surface area contributed by atoms with E-state index in [1.54, 1.807) is 27.9 Å². The van der Waals surface area contributed by atoms with Crippen molar-refractivity contribution >= 4 is 5.97 Å². The first-order chi connectivity index (χ1) is 30.3. The summed E-state index contributed by atoms with van der Waals surface area (Å²) in [6.45, 7) is 27.3. The van der Waals surface area contributed by atoms with Crippen LogP contribution in [0.3, 0.4) is 0 Å². The quantitative estimate of drug-likeness (QED) is 0.126. The van der Waals surface area contributed by atoms with Crippen molar-refractivity contribution < 1.29 is 53.6 Å². The lowest BCUT2D eigenvalue weighted by atomic mass is 9.72. The van der Waals surface area contributed by atoms with Crippen molar-refractivity contribution in [2.75, 3.05) is 47.4 Å². The van der Waals surface area contributed by atoms with Gasteiger partial charge in [-0.25, -0.2) is 0 Å². The molecule has 3 saturated heterocycles. The maximum absolute atomic E-state index is 14.6. The largest absolute Gasteiger partial charge is 0.459 e. The Morgan fingerprint density at radius 2 is 1.66 bits per heavy atom. The van der Waals surface area contributed by atoms with E-state index in [1.807, 2.05) is 78.9 Å². The molecule has 5 N–H and O–H groups in total. The Kier molecular flexibility index (Phi) is 19.9. The molecule has 3 aliphatic rings. The molecule has 0 unspecified atom stereocenters. The molecule has 0 saturated carbocycles. The third-order valence-corrected chi connectivity index (χ3v) is 15.3. The predicted molar refractivity (Wildman–Crippen MR) is 251 cm³/mol. The summed E-state index contributed by atoms with van der Waals surface area (Å²) in [5.74, 6) is -2.47. The first kappa shape index (κ1) is 55.7. The van der Waals surface area contributed by atoms with Crippen LogP contribution in [-0.2, 0) is 39.6 Å². The van der Waals surface area contributed by atoms with Crippen LogP contribution in [-0.4, -0.2) is 173 Å². The highest BCUT2D eigenvalue weighted by Gasteiger charge is 2.58. The summed E-state index contributed by atoms with van der Waals surface area (Å²) < 4.78 is 39.6. The van der Waals surface area contributed by atoms with Crippen LogP contribution < -0.4 is 5.32 Å². The van der Waals surface area contributed by atoms with Crippen LogP contribution in [0.4, 0.5) is 0 Å². The number of pyridine rings is 1. The second-order valence-corrected chi connectivity index (χ2v) is 21.4. The topological polar surface area (TPSA) is 185 Å². The van der Waals surface area contributed by atoms with Crippen LogP contribution in [0.2, 0.25) is 0 Å². The van der Waals surface area contributed by atoms with Gasteiger partial charge in [-0.2, -0.15) is 0 Å². The normalized spacial score (nSPS) is 41.7. The van der Waals surface area contributed by atoms with Crippen molar-refractivity contribution in [2.45, 2.75) is 213 Å². The number of cyclic esters (lactones) is 1. The smallest absolute Gasteiger partial charge is 0.311 e. The zero-order valence-electron chi connectivity index (χ0n) is 42.9. The van der Waals surface area contributed by atoms with Gasteiger partial charge in [0.1, 0.15) is 29.0 Å². The zero-order valence-corrected chi connectivity index (χ0v) is 42.9. The third-order valence-electron chi connectivity index (χ3n) is 15.3. The first-order valence-electron chi connectivity index (χ1n) is 24.5. The average molecular weight is 923 g/mol. The highest BCUT2D eigenvalue weighted by Crippen LogP contribution is 2.45. The number of likely N-dealkylation sites (N-methyl/N-ethyl adjacent to an activating group) is 1. The van der Waals surface area contributed by atoms with Crippen molar-refractivity contribution in [1.29, 1.82) is 0 Å². The SMILES string of the molecule is CCCN1C[C@H](C)[C@@H](O)[C@](C)(O)[C@@H](CC)OC(=O)[C@H](C)[C@H](O[C@@H]2C[C@](C)(OC)[C@@](O)(CNCCc3ccc(C)cn3)[C@H](C)O2)[C@H](C)[C@@H](O[C@@H]2O[C@H](C)C[C@H](N(C)C)[C@H]2O)C(C)(C)C[C@H]1C. The molecule has 0 aliphatic carbocycles. The van der Waals surface area contributed by atoms with Gasteiger partial charge in [0.25, 0.3) is 0 Å². The highest BCUT2D eigenvalue weighted by molar-refractivity contribution is 5.73. The number of nitrogens with zero attached hydrogens (tertiary/aromatic N) is 3.